The Hall–Kier alpha value is -0.760. The normalized spacial score (nSPS) is 20.1. The lowest BCUT2D eigenvalue weighted by molar-refractivity contribution is -0.118. The smallest absolute Gasteiger partial charge is 0.145 e. The first-order valence-electron chi connectivity index (χ1n) is 6.54. The van der Waals surface area contributed by atoms with E-state index in [0.717, 1.165) is 25.7 Å². The molecule has 2 rings (SSSR count). The maximum absolute atomic E-state index is 12.0. The highest BCUT2D eigenvalue weighted by Crippen LogP contribution is 2.26. The van der Waals surface area contributed by atoms with Gasteiger partial charge in [0.15, 0.2) is 0 Å². The predicted molar refractivity (Wildman–Crippen MR) is 74.5 cm³/mol. The van der Waals surface area contributed by atoms with Crippen LogP contribution < -0.4 is 0 Å². The fraction of sp³-hybridized carbons (Fsp3) is 0.533. The van der Waals surface area contributed by atoms with Gasteiger partial charge in [0.25, 0.3) is 0 Å². The SMILES string of the molecule is O=C(CCCc1ccccc1)C1CCCCS1. The van der Waals surface area contributed by atoms with Crippen molar-refractivity contribution in [3.05, 3.63) is 35.9 Å². The van der Waals surface area contributed by atoms with Gasteiger partial charge in [-0.1, -0.05) is 36.8 Å². The Kier molecular flexibility index (Phi) is 5.11. The van der Waals surface area contributed by atoms with Crippen LogP contribution in [0.3, 0.4) is 0 Å². The van der Waals surface area contributed by atoms with E-state index in [4.69, 9.17) is 0 Å². The van der Waals surface area contributed by atoms with Gasteiger partial charge < -0.3 is 0 Å². The molecule has 0 radical (unpaired) electrons. The van der Waals surface area contributed by atoms with Crippen molar-refractivity contribution in [3.63, 3.8) is 0 Å². The second-order valence-electron chi connectivity index (χ2n) is 4.66. The van der Waals surface area contributed by atoms with E-state index in [1.807, 2.05) is 17.8 Å². The van der Waals surface area contributed by atoms with Gasteiger partial charge in [0.2, 0.25) is 0 Å². The van der Waals surface area contributed by atoms with Crippen molar-refractivity contribution in [2.45, 2.75) is 43.8 Å². The third-order valence-electron chi connectivity index (χ3n) is 3.27. The molecule has 1 fully saturated rings. The van der Waals surface area contributed by atoms with E-state index in [0.29, 0.717) is 11.0 Å². The van der Waals surface area contributed by atoms with E-state index in [1.165, 1.54) is 24.2 Å². The van der Waals surface area contributed by atoms with Crippen LogP contribution in [0.2, 0.25) is 0 Å². The maximum Gasteiger partial charge on any atom is 0.145 e. The molecule has 17 heavy (non-hydrogen) atoms. The fourth-order valence-electron chi connectivity index (χ4n) is 2.27. The third-order valence-corrected chi connectivity index (χ3v) is 4.70. The minimum atomic E-state index is 0.305. The van der Waals surface area contributed by atoms with E-state index in [1.54, 1.807) is 0 Å². The van der Waals surface area contributed by atoms with Crippen molar-refractivity contribution in [2.75, 3.05) is 5.75 Å². The van der Waals surface area contributed by atoms with Crippen LogP contribution in [0.15, 0.2) is 30.3 Å². The van der Waals surface area contributed by atoms with Crippen LogP contribution >= 0.6 is 11.8 Å². The average molecular weight is 248 g/mol. The molecule has 1 nitrogen and oxygen atoms in total. The van der Waals surface area contributed by atoms with Gasteiger partial charge in [-0.2, -0.15) is 11.8 Å². The number of carbonyl (C=O) groups is 1. The third kappa shape index (κ3) is 4.19. The topological polar surface area (TPSA) is 17.1 Å². The van der Waals surface area contributed by atoms with Crippen molar-refractivity contribution >= 4 is 17.5 Å². The van der Waals surface area contributed by atoms with E-state index in [-0.39, 0.29) is 0 Å². The molecule has 1 aliphatic heterocycles. The van der Waals surface area contributed by atoms with Crippen LogP contribution in [-0.4, -0.2) is 16.8 Å². The predicted octanol–water partition coefficient (Wildman–Crippen LogP) is 3.86. The summed E-state index contributed by atoms with van der Waals surface area (Å²) in [7, 11) is 0. The van der Waals surface area contributed by atoms with Crippen molar-refractivity contribution < 1.29 is 4.79 Å². The molecule has 1 unspecified atom stereocenters. The minimum Gasteiger partial charge on any atom is -0.298 e. The van der Waals surface area contributed by atoms with Crippen LogP contribution in [0.1, 0.15) is 37.7 Å². The van der Waals surface area contributed by atoms with Crippen LogP contribution in [0.4, 0.5) is 0 Å². The lowest BCUT2D eigenvalue weighted by atomic mass is 10.0. The first kappa shape index (κ1) is 12.7. The summed E-state index contributed by atoms with van der Waals surface area (Å²) in [5.74, 6) is 1.65. The Bertz CT molecular complexity index is 341. The van der Waals surface area contributed by atoms with E-state index in [9.17, 15) is 4.79 Å². The molecule has 0 N–H and O–H groups in total. The molecule has 1 aromatic rings. The average Bonchev–Trinajstić information content (AvgIpc) is 2.41. The number of carbonyl (C=O) groups excluding carboxylic acids is 1. The molecule has 1 atom stereocenters. The summed E-state index contributed by atoms with van der Waals surface area (Å²) in [5.41, 5.74) is 1.34. The summed E-state index contributed by atoms with van der Waals surface area (Å²) in [5, 5.41) is 0.305. The lowest BCUT2D eigenvalue weighted by Gasteiger charge is -2.19. The Labute approximate surface area is 108 Å². The second-order valence-corrected chi connectivity index (χ2v) is 5.97. The van der Waals surface area contributed by atoms with Crippen molar-refractivity contribution in [1.29, 1.82) is 0 Å². The summed E-state index contributed by atoms with van der Waals surface area (Å²) in [6.07, 6.45) is 6.42. The highest BCUT2D eigenvalue weighted by Gasteiger charge is 2.20. The van der Waals surface area contributed by atoms with E-state index >= 15 is 0 Å². The number of rotatable bonds is 5. The molecule has 0 aromatic heterocycles. The first-order valence-corrected chi connectivity index (χ1v) is 7.59. The Balaban J connectivity index is 1.69. The number of aryl methyl sites for hydroxylation is 1. The molecule has 92 valence electrons. The van der Waals surface area contributed by atoms with Gasteiger partial charge in [-0.25, -0.2) is 0 Å². The van der Waals surface area contributed by atoms with Gasteiger partial charge in [-0.15, -0.1) is 0 Å². The van der Waals surface area contributed by atoms with Gasteiger partial charge in [-0.3, -0.25) is 4.79 Å². The Morgan fingerprint density at radius 1 is 1.24 bits per heavy atom. The van der Waals surface area contributed by atoms with Crippen LogP contribution in [0.5, 0.6) is 0 Å². The van der Waals surface area contributed by atoms with Gasteiger partial charge >= 0.3 is 0 Å². The summed E-state index contributed by atoms with van der Waals surface area (Å²) >= 11 is 1.87. The zero-order chi connectivity index (χ0) is 11.9. The largest absolute Gasteiger partial charge is 0.298 e. The van der Waals surface area contributed by atoms with Gasteiger partial charge in [-0.05, 0) is 37.0 Å². The van der Waals surface area contributed by atoms with Crippen LogP contribution in [-0.2, 0) is 11.2 Å². The lowest BCUT2D eigenvalue weighted by Crippen LogP contribution is -2.20. The molecule has 1 saturated heterocycles. The molecule has 1 heterocycles. The molecule has 0 aliphatic carbocycles. The number of Topliss-reactive ketones (excluding diaryl/α,β-unsaturated/α-hetero) is 1. The van der Waals surface area contributed by atoms with Gasteiger partial charge in [0.05, 0.1) is 5.25 Å². The van der Waals surface area contributed by atoms with Gasteiger partial charge in [0.1, 0.15) is 5.78 Å². The number of hydrogen-bond acceptors (Lipinski definition) is 2. The molecule has 1 aromatic carbocycles. The zero-order valence-electron chi connectivity index (χ0n) is 10.2. The van der Waals surface area contributed by atoms with Crippen LogP contribution in [0.25, 0.3) is 0 Å². The number of hydrogen-bond donors (Lipinski definition) is 0. The summed E-state index contributed by atoms with van der Waals surface area (Å²) < 4.78 is 0. The second kappa shape index (κ2) is 6.85. The van der Waals surface area contributed by atoms with Crippen LogP contribution in [0, 0.1) is 0 Å². The Morgan fingerprint density at radius 2 is 2.06 bits per heavy atom. The quantitative estimate of drug-likeness (QED) is 0.787. The van der Waals surface area contributed by atoms with Crippen molar-refractivity contribution in [3.8, 4) is 0 Å². The minimum absolute atomic E-state index is 0.305. The molecular formula is C15H20OS. The number of benzene rings is 1. The molecule has 0 bridgehead atoms. The molecule has 0 amide bonds. The fourth-order valence-corrected chi connectivity index (χ4v) is 3.56. The summed E-state index contributed by atoms with van der Waals surface area (Å²) in [6, 6.07) is 10.4. The first-order chi connectivity index (χ1) is 8.36. The van der Waals surface area contributed by atoms with Gasteiger partial charge in [0, 0.05) is 6.42 Å². The van der Waals surface area contributed by atoms with Crippen molar-refractivity contribution in [1.82, 2.24) is 0 Å². The van der Waals surface area contributed by atoms with E-state index in [2.05, 4.69) is 24.3 Å². The Morgan fingerprint density at radius 3 is 2.76 bits per heavy atom. The standard InChI is InChI=1S/C15H20OS/c16-14(15-11-4-5-12-17-15)10-6-9-13-7-2-1-3-8-13/h1-3,7-8,15H,4-6,9-12H2. The zero-order valence-corrected chi connectivity index (χ0v) is 11.0. The highest BCUT2D eigenvalue weighted by molar-refractivity contribution is 8.00. The number of thioether (sulfide) groups is 1. The molecule has 0 saturated carbocycles. The molecule has 2 heteroatoms. The summed E-state index contributed by atoms with van der Waals surface area (Å²) in [6.45, 7) is 0. The number of ketones is 1. The van der Waals surface area contributed by atoms with E-state index < -0.39 is 0 Å². The maximum atomic E-state index is 12.0. The summed E-state index contributed by atoms with van der Waals surface area (Å²) in [4.78, 5) is 12.0. The molecule has 1 aliphatic rings. The monoisotopic (exact) mass is 248 g/mol. The molecular weight excluding hydrogens is 228 g/mol. The van der Waals surface area contributed by atoms with Crippen molar-refractivity contribution in [2.24, 2.45) is 0 Å². The molecule has 0 spiro atoms. The highest BCUT2D eigenvalue weighted by atomic mass is 32.2.